The molecule has 0 saturated heterocycles. The van der Waals surface area contributed by atoms with Crippen molar-refractivity contribution in [3.63, 3.8) is 0 Å². The Morgan fingerprint density at radius 3 is 1.72 bits per heavy atom. The van der Waals surface area contributed by atoms with E-state index in [1.54, 1.807) is 0 Å². The molecule has 0 fully saturated rings. The molecule has 0 spiro atoms. The van der Waals surface area contributed by atoms with Gasteiger partial charge in [0, 0.05) is 32.5 Å². The lowest BCUT2D eigenvalue weighted by Crippen LogP contribution is -2.14. The number of nitrogens with zero attached hydrogens (tertiary/aromatic N) is 1. The van der Waals surface area contributed by atoms with Gasteiger partial charge in [-0.2, -0.15) is 0 Å². The molecule has 0 amide bonds. The molecule has 0 unspecified atom stereocenters. The van der Waals surface area contributed by atoms with Crippen LogP contribution in [0.3, 0.4) is 0 Å². The predicted octanol–water partition coefficient (Wildman–Crippen LogP) is 11.3. The first-order valence-electron chi connectivity index (χ1n) is 15.1. The fourth-order valence-electron chi connectivity index (χ4n) is 7.46. The third-order valence-electron chi connectivity index (χ3n) is 9.63. The second-order valence-corrected chi connectivity index (χ2v) is 12.4. The zero-order valence-corrected chi connectivity index (χ0v) is 24.2. The summed E-state index contributed by atoms with van der Waals surface area (Å²) in [6.45, 7) is 4.70. The molecular formula is C42H29N. The van der Waals surface area contributed by atoms with Crippen molar-refractivity contribution in [3.05, 3.63) is 151 Å². The smallest absolute Gasteiger partial charge is 0.0794 e. The maximum absolute atomic E-state index is 5.38. The summed E-state index contributed by atoms with van der Waals surface area (Å²) in [5, 5.41) is 7.17. The van der Waals surface area contributed by atoms with Crippen LogP contribution in [-0.2, 0) is 5.41 Å². The molecule has 1 heteroatoms. The number of rotatable bonds is 2. The van der Waals surface area contributed by atoms with Gasteiger partial charge in [-0.15, -0.1) is 0 Å². The van der Waals surface area contributed by atoms with Crippen LogP contribution >= 0.6 is 0 Å². The van der Waals surface area contributed by atoms with E-state index < -0.39 is 0 Å². The monoisotopic (exact) mass is 547 g/mol. The average Bonchev–Trinajstić information content (AvgIpc) is 3.29. The Balaban J connectivity index is 1.30. The summed E-state index contributed by atoms with van der Waals surface area (Å²) in [7, 11) is 0. The molecule has 8 aromatic rings. The minimum Gasteiger partial charge on any atom is -0.246 e. The van der Waals surface area contributed by atoms with Gasteiger partial charge in [0.05, 0.1) is 11.0 Å². The van der Waals surface area contributed by atoms with Crippen LogP contribution in [0.2, 0.25) is 0 Å². The van der Waals surface area contributed by atoms with Crippen LogP contribution in [0.25, 0.3) is 76.7 Å². The Kier molecular flexibility index (Phi) is 5.02. The number of hydrogen-bond donors (Lipinski definition) is 0. The third kappa shape index (κ3) is 3.49. The SMILES string of the molecule is CC1(C)c2ccccc2-c2ccc(-c3cccc(-c4c5ccc6ccccc6c5nc5c4ccc4ccccc45)c3)cc21. The Morgan fingerprint density at radius 2 is 1.00 bits per heavy atom. The number of fused-ring (bicyclic) bond motifs is 9. The highest BCUT2D eigenvalue weighted by Crippen LogP contribution is 2.49. The van der Waals surface area contributed by atoms with Crippen LogP contribution in [0.5, 0.6) is 0 Å². The molecule has 0 saturated carbocycles. The standard InChI is InChI=1S/C42H29N/c1-42(2)37-17-8-7-16-33(37)34-21-20-29(25-38(34)42)28-12-9-13-30(24-28)39-35-22-18-26-10-3-5-14-31(26)40(35)43-41-32-15-6-4-11-27(32)19-23-36(39)41/h3-25H,1-2H3. The lowest BCUT2D eigenvalue weighted by atomic mass is 9.81. The Morgan fingerprint density at radius 1 is 0.419 bits per heavy atom. The molecule has 43 heavy (non-hydrogen) atoms. The zero-order chi connectivity index (χ0) is 28.7. The normalized spacial score (nSPS) is 13.5. The van der Waals surface area contributed by atoms with E-state index in [0.717, 1.165) is 11.0 Å². The van der Waals surface area contributed by atoms with Gasteiger partial charge in [0.1, 0.15) is 0 Å². The summed E-state index contributed by atoms with van der Waals surface area (Å²) in [5.41, 5.74) is 12.5. The van der Waals surface area contributed by atoms with Crippen molar-refractivity contribution in [2.45, 2.75) is 19.3 Å². The van der Waals surface area contributed by atoms with E-state index in [4.69, 9.17) is 4.98 Å². The molecule has 0 radical (unpaired) electrons. The summed E-state index contributed by atoms with van der Waals surface area (Å²) in [4.78, 5) is 5.38. The van der Waals surface area contributed by atoms with Crippen molar-refractivity contribution in [1.82, 2.24) is 4.98 Å². The summed E-state index contributed by atoms with van der Waals surface area (Å²) in [5.74, 6) is 0. The van der Waals surface area contributed by atoms with Gasteiger partial charge in [0.15, 0.2) is 0 Å². The Bertz CT molecular complexity index is 2330. The first-order valence-corrected chi connectivity index (χ1v) is 15.1. The summed E-state index contributed by atoms with van der Waals surface area (Å²) >= 11 is 0. The number of pyridine rings is 1. The van der Waals surface area contributed by atoms with Crippen LogP contribution in [0.15, 0.2) is 140 Å². The largest absolute Gasteiger partial charge is 0.246 e. The topological polar surface area (TPSA) is 12.9 Å². The second kappa shape index (κ2) is 8.86. The van der Waals surface area contributed by atoms with Crippen molar-refractivity contribution in [2.75, 3.05) is 0 Å². The molecule has 0 aliphatic heterocycles. The van der Waals surface area contributed by atoms with Gasteiger partial charge >= 0.3 is 0 Å². The first kappa shape index (κ1) is 24.3. The molecule has 1 aromatic heterocycles. The summed E-state index contributed by atoms with van der Waals surface area (Å²) in [6, 6.07) is 51.1. The minimum absolute atomic E-state index is 0.0286. The first-order chi connectivity index (χ1) is 21.1. The van der Waals surface area contributed by atoms with Crippen LogP contribution in [-0.4, -0.2) is 4.98 Å². The number of hydrogen-bond acceptors (Lipinski definition) is 1. The third-order valence-corrected chi connectivity index (χ3v) is 9.63. The molecule has 7 aromatic carbocycles. The summed E-state index contributed by atoms with van der Waals surface area (Å²) in [6.07, 6.45) is 0. The average molecular weight is 548 g/mol. The molecule has 1 nitrogen and oxygen atoms in total. The van der Waals surface area contributed by atoms with Crippen molar-refractivity contribution in [3.8, 4) is 33.4 Å². The van der Waals surface area contributed by atoms with Crippen molar-refractivity contribution >= 4 is 43.4 Å². The maximum atomic E-state index is 5.38. The molecule has 0 bridgehead atoms. The minimum atomic E-state index is -0.0286. The van der Waals surface area contributed by atoms with Crippen molar-refractivity contribution in [1.29, 1.82) is 0 Å². The van der Waals surface area contributed by atoms with E-state index >= 15 is 0 Å². The van der Waals surface area contributed by atoms with Gasteiger partial charge in [-0.25, -0.2) is 4.98 Å². The van der Waals surface area contributed by atoms with E-state index in [9.17, 15) is 0 Å². The van der Waals surface area contributed by atoms with Crippen LogP contribution < -0.4 is 0 Å². The Hall–Kier alpha value is -5.27. The zero-order valence-electron chi connectivity index (χ0n) is 24.2. The molecule has 9 rings (SSSR count). The second-order valence-electron chi connectivity index (χ2n) is 12.4. The van der Waals surface area contributed by atoms with E-state index in [-0.39, 0.29) is 5.41 Å². The van der Waals surface area contributed by atoms with Crippen molar-refractivity contribution < 1.29 is 0 Å². The van der Waals surface area contributed by atoms with Crippen LogP contribution in [0.4, 0.5) is 0 Å². The fourth-order valence-corrected chi connectivity index (χ4v) is 7.46. The molecule has 1 aliphatic carbocycles. The Labute approximate surface area is 251 Å². The quantitative estimate of drug-likeness (QED) is 0.155. The van der Waals surface area contributed by atoms with Gasteiger partial charge in [-0.1, -0.05) is 141 Å². The lowest BCUT2D eigenvalue weighted by molar-refractivity contribution is 0.660. The predicted molar refractivity (Wildman–Crippen MR) is 183 cm³/mol. The molecule has 1 aliphatic rings. The van der Waals surface area contributed by atoms with Gasteiger partial charge in [-0.05, 0) is 61.8 Å². The highest BCUT2D eigenvalue weighted by atomic mass is 14.7. The van der Waals surface area contributed by atoms with Gasteiger partial charge < -0.3 is 0 Å². The van der Waals surface area contributed by atoms with Gasteiger partial charge in [0.2, 0.25) is 0 Å². The summed E-state index contributed by atoms with van der Waals surface area (Å²) < 4.78 is 0. The highest BCUT2D eigenvalue weighted by Gasteiger charge is 2.35. The van der Waals surface area contributed by atoms with E-state index in [2.05, 4.69) is 153 Å². The fraction of sp³-hybridized carbons (Fsp3) is 0.0714. The molecular weight excluding hydrogens is 518 g/mol. The molecule has 0 N–H and O–H groups in total. The molecule has 1 heterocycles. The van der Waals surface area contributed by atoms with E-state index in [1.807, 2.05) is 0 Å². The lowest BCUT2D eigenvalue weighted by Gasteiger charge is -2.22. The number of benzene rings is 7. The van der Waals surface area contributed by atoms with Gasteiger partial charge in [0.25, 0.3) is 0 Å². The van der Waals surface area contributed by atoms with Crippen molar-refractivity contribution in [2.24, 2.45) is 0 Å². The van der Waals surface area contributed by atoms with Crippen LogP contribution in [0.1, 0.15) is 25.0 Å². The van der Waals surface area contributed by atoms with E-state index in [0.29, 0.717) is 0 Å². The van der Waals surface area contributed by atoms with E-state index in [1.165, 1.54) is 76.8 Å². The van der Waals surface area contributed by atoms with Gasteiger partial charge in [-0.3, -0.25) is 0 Å². The molecule has 202 valence electrons. The number of aromatic nitrogens is 1. The highest BCUT2D eigenvalue weighted by molar-refractivity contribution is 6.21. The van der Waals surface area contributed by atoms with Crippen LogP contribution in [0, 0.1) is 0 Å². The molecule has 0 atom stereocenters. The maximum Gasteiger partial charge on any atom is 0.0794 e.